The van der Waals surface area contributed by atoms with E-state index in [4.69, 9.17) is 18.6 Å². The predicted molar refractivity (Wildman–Crippen MR) is 112 cm³/mol. The molecule has 0 unspecified atom stereocenters. The van der Waals surface area contributed by atoms with Crippen molar-refractivity contribution in [3.63, 3.8) is 0 Å². The molecule has 0 aromatic heterocycles. The van der Waals surface area contributed by atoms with Gasteiger partial charge in [0.05, 0.1) is 7.11 Å². The summed E-state index contributed by atoms with van der Waals surface area (Å²) in [6, 6.07) is 10.0. The minimum absolute atomic E-state index is 0.0256. The molecule has 0 radical (unpaired) electrons. The van der Waals surface area contributed by atoms with Crippen LogP contribution in [0, 0.1) is 0 Å². The van der Waals surface area contributed by atoms with Crippen LogP contribution in [0.25, 0.3) is 0 Å². The van der Waals surface area contributed by atoms with Gasteiger partial charge in [-0.2, -0.15) is 0 Å². The van der Waals surface area contributed by atoms with Crippen LogP contribution in [0.5, 0.6) is 0 Å². The third kappa shape index (κ3) is 5.53. The van der Waals surface area contributed by atoms with Crippen LogP contribution in [0.1, 0.15) is 46.3 Å². The Kier molecular flexibility index (Phi) is 6.92. The van der Waals surface area contributed by atoms with E-state index in [2.05, 4.69) is 33.9 Å². The molecular formula is C22H34O5Si. The molecule has 3 atom stereocenters. The van der Waals surface area contributed by atoms with Gasteiger partial charge in [-0.3, -0.25) is 0 Å². The molecule has 1 aliphatic heterocycles. The van der Waals surface area contributed by atoms with E-state index in [-0.39, 0.29) is 17.2 Å². The first-order valence-electron chi connectivity index (χ1n) is 9.71. The highest BCUT2D eigenvalue weighted by molar-refractivity contribution is 6.74. The largest absolute Gasteiger partial charge is 0.466 e. The van der Waals surface area contributed by atoms with Gasteiger partial charge in [-0.1, -0.05) is 51.1 Å². The number of hydrogen-bond acceptors (Lipinski definition) is 5. The molecule has 2 rings (SSSR count). The van der Waals surface area contributed by atoms with Crippen LogP contribution in [0.15, 0.2) is 42.5 Å². The van der Waals surface area contributed by atoms with Crippen molar-refractivity contribution in [3.8, 4) is 0 Å². The first-order chi connectivity index (χ1) is 12.9. The van der Waals surface area contributed by atoms with Crippen LogP contribution in [0.4, 0.5) is 0 Å². The molecule has 0 N–H and O–H groups in total. The summed E-state index contributed by atoms with van der Waals surface area (Å²) in [7, 11) is -0.771. The molecule has 28 heavy (non-hydrogen) atoms. The van der Waals surface area contributed by atoms with Crippen molar-refractivity contribution in [2.75, 3.05) is 7.11 Å². The van der Waals surface area contributed by atoms with Gasteiger partial charge in [0.1, 0.15) is 18.3 Å². The van der Waals surface area contributed by atoms with Gasteiger partial charge in [0, 0.05) is 6.08 Å². The van der Waals surface area contributed by atoms with Crippen molar-refractivity contribution in [1.82, 2.24) is 0 Å². The Morgan fingerprint density at radius 2 is 1.75 bits per heavy atom. The zero-order valence-corrected chi connectivity index (χ0v) is 19.3. The minimum Gasteiger partial charge on any atom is -0.466 e. The predicted octanol–water partition coefficient (Wildman–Crippen LogP) is 5.00. The second-order valence-electron chi connectivity index (χ2n) is 9.16. The Balaban J connectivity index is 2.47. The molecule has 0 spiro atoms. The average Bonchev–Trinajstić information content (AvgIpc) is 2.60. The zero-order chi connectivity index (χ0) is 21.2. The number of carbonyl (C=O) groups is 1. The van der Waals surface area contributed by atoms with E-state index in [1.54, 1.807) is 6.08 Å². The van der Waals surface area contributed by atoms with Crippen molar-refractivity contribution in [2.45, 2.75) is 76.8 Å². The van der Waals surface area contributed by atoms with Crippen LogP contribution in [0.2, 0.25) is 18.1 Å². The molecule has 0 amide bonds. The summed E-state index contributed by atoms with van der Waals surface area (Å²) >= 11 is 0. The van der Waals surface area contributed by atoms with E-state index >= 15 is 0 Å². The van der Waals surface area contributed by atoms with Gasteiger partial charge in [-0.25, -0.2) is 4.79 Å². The fourth-order valence-electron chi connectivity index (χ4n) is 2.90. The fraction of sp³-hybridized carbons (Fsp3) is 0.591. The quantitative estimate of drug-likeness (QED) is 0.391. The summed E-state index contributed by atoms with van der Waals surface area (Å²) in [5.74, 6) is -1.24. The summed E-state index contributed by atoms with van der Waals surface area (Å²) in [5.41, 5.74) is 1.03. The van der Waals surface area contributed by atoms with E-state index < -0.39 is 26.2 Å². The van der Waals surface area contributed by atoms with Gasteiger partial charge in [-0.15, -0.1) is 0 Å². The van der Waals surface area contributed by atoms with Gasteiger partial charge in [0.25, 0.3) is 0 Å². The highest BCUT2D eigenvalue weighted by Gasteiger charge is 2.48. The SMILES string of the molecule is COC(=O)/C=C\[C@H]1OC(C)(C)O[C@H](c2ccccc2)[C@@H]1O[Si](C)(C)C(C)(C)C. The lowest BCUT2D eigenvalue weighted by atomic mass is 9.97. The maximum absolute atomic E-state index is 11.7. The molecule has 5 nitrogen and oxygen atoms in total. The zero-order valence-electron chi connectivity index (χ0n) is 18.3. The molecule has 1 heterocycles. The van der Waals surface area contributed by atoms with Crippen molar-refractivity contribution < 1.29 is 23.4 Å². The lowest BCUT2D eigenvalue weighted by Crippen LogP contribution is -2.55. The number of rotatable bonds is 5. The number of ether oxygens (including phenoxy) is 3. The smallest absolute Gasteiger partial charge is 0.330 e. The van der Waals surface area contributed by atoms with Crippen molar-refractivity contribution in [2.24, 2.45) is 0 Å². The molecule has 1 fully saturated rings. The Morgan fingerprint density at radius 3 is 2.29 bits per heavy atom. The second kappa shape index (κ2) is 8.49. The number of esters is 1. The maximum Gasteiger partial charge on any atom is 0.330 e. The third-order valence-corrected chi connectivity index (χ3v) is 9.91. The van der Waals surface area contributed by atoms with Crippen LogP contribution in [-0.2, 0) is 23.4 Å². The van der Waals surface area contributed by atoms with Gasteiger partial charge in [0.15, 0.2) is 14.1 Å². The molecular weight excluding hydrogens is 372 g/mol. The van der Waals surface area contributed by atoms with Crippen LogP contribution in [0.3, 0.4) is 0 Å². The number of hydrogen-bond donors (Lipinski definition) is 0. The van der Waals surface area contributed by atoms with Crippen LogP contribution < -0.4 is 0 Å². The Bertz CT molecular complexity index is 691. The normalized spacial score (nSPS) is 25.6. The molecule has 1 aromatic rings. The second-order valence-corrected chi connectivity index (χ2v) is 13.9. The lowest BCUT2D eigenvalue weighted by molar-refractivity contribution is -0.322. The van der Waals surface area contributed by atoms with Crippen LogP contribution >= 0.6 is 0 Å². The van der Waals surface area contributed by atoms with E-state index in [1.165, 1.54) is 13.2 Å². The van der Waals surface area contributed by atoms with Gasteiger partial charge in [-0.05, 0) is 43.6 Å². The highest BCUT2D eigenvalue weighted by Crippen LogP contribution is 2.44. The van der Waals surface area contributed by atoms with Crippen molar-refractivity contribution >= 4 is 14.3 Å². The summed E-state index contributed by atoms with van der Waals surface area (Å²) in [4.78, 5) is 11.7. The van der Waals surface area contributed by atoms with Gasteiger partial charge >= 0.3 is 5.97 Å². The standard InChI is InChI=1S/C22H34O5Si/c1-21(2,3)28(7,8)27-20-17(14-15-18(23)24-6)25-22(4,5)26-19(20)16-12-10-9-11-13-16/h9-15,17,19-20H,1-8H3/b15-14-/t17-,19-,20-/m1/s1. The van der Waals surface area contributed by atoms with Gasteiger partial charge < -0.3 is 18.6 Å². The van der Waals surface area contributed by atoms with Crippen LogP contribution in [-0.4, -0.2) is 39.4 Å². The van der Waals surface area contributed by atoms with Gasteiger partial charge in [0.2, 0.25) is 0 Å². The van der Waals surface area contributed by atoms with Crippen molar-refractivity contribution in [1.29, 1.82) is 0 Å². The fourth-order valence-corrected chi connectivity index (χ4v) is 4.20. The molecule has 1 saturated heterocycles. The first kappa shape index (κ1) is 22.8. The van der Waals surface area contributed by atoms with E-state index in [0.29, 0.717) is 0 Å². The summed E-state index contributed by atoms with van der Waals surface area (Å²) in [5, 5.41) is 0.0256. The Morgan fingerprint density at radius 1 is 1.14 bits per heavy atom. The summed E-state index contributed by atoms with van der Waals surface area (Å²) in [6.45, 7) is 14.8. The Labute approximate surface area is 170 Å². The first-order valence-corrected chi connectivity index (χ1v) is 12.6. The van der Waals surface area contributed by atoms with E-state index in [0.717, 1.165) is 5.56 Å². The molecule has 0 aliphatic carbocycles. The topological polar surface area (TPSA) is 54.0 Å². The lowest BCUT2D eigenvalue weighted by Gasteiger charge is -2.49. The molecule has 1 aromatic carbocycles. The van der Waals surface area contributed by atoms with Crippen molar-refractivity contribution in [3.05, 3.63) is 48.0 Å². The third-order valence-electron chi connectivity index (χ3n) is 5.44. The number of benzene rings is 1. The minimum atomic E-state index is -2.13. The molecule has 0 saturated carbocycles. The highest BCUT2D eigenvalue weighted by atomic mass is 28.4. The molecule has 156 valence electrons. The number of carbonyl (C=O) groups excluding carboxylic acids is 1. The molecule has 0 bridgehead atoms. The maximum atomic E-state index is 11.7. The Hall–Kier alpha value is -1.47. The number of methoxy groups -OCH3 is 1. The summed E-state index contributed by atoms with van der Waals surface area (Å²) in [6.07, 6.45) is 1.99. The molecule has 1 aliphatic rings. The average molecular weight is 407 g/mol. The van der Waals surface area contributed by atoms with E-state index in [9.17, 15) is 4.79 Å². The molecule has 6 heteroatoms. The monoisotopic (exact) mass is 406 g/mol. The van der Waals surface area contributed by atoms with E-state index in [1.807, 2.05) is 44.2 Å². The summed E-state index contributed by atoms with van der Waals surface area (Å²) < 4.78 is 24.0.